The van der Waals surface area contributed by atoms with Gasteiger partial charge in [-0.25, -0.2) is 9.97 Å². The van der Waals surface area contributed by atoms with E-state index in [1.54, 1.807) is 0 Å². The zero-order valence-electron chi connectivity index (χ0n) is 27.9. The molecule has 2 aromatic heterocycles. The molecule has 0 radical (unpaired) electrons. The molecule has 0 fully saturated rings. The second-order valence-corrected chi connectivity index (χ2v) is 13.5. The monoisotopic (exact) mass is 640 g/mol. The minimum atomic E-state index is 0.848. The standard InChI is InChI=1S/C46H32N4/c1-3-41-47-37-15-5-7-17-39(37)49(41)31-23-29-21-19-27-12-10-14-34-36-26-32(50-40-18-8-6-16-38(40)48-42(50)4-2)24-30-22-20-28-11-9-13-33(43(28)46(30)36)35(25-31)45(29)44(27)34/h5-26H,3-4H2,1-2H3. The molecule has 0 aliphatic heterocycles. The fourth-order valence-electron chi connectivity index (χ4n) is 8.79. The molecular weight excluding hydrogens is 609 g/mol. The number of aromatic nitrogens is 4. The molecule has 9 aromatic carbocycles. The number of hydrogen-bond acceptors (Lipinski definition) is 2. The van der Waals surface area contributed by atoms with Crippen LogP contribution in [-0.4, -0.2) is 19.1 Å². The average Bonchev–Trinajstić information content (AvgIpc) is 3.74. The summed E-state index contributed by atoms with van der Waals surface area (Å²) >= 11 is 0. The van der Waals surface area contributed by atoms with Crippen LogP contribution in [0, 0.1) is 0 Å². The molecule has 4 heteroatoms. The summed E-state index contributed by atoms with van der Waals surface area (Å²) < 4.78 is 4.73. The molecule has 0 aliphatic rings. The van der Waals surface area contributed by atoms with E-state index in [-0.39, 0.29) is 0 Å². The summed E-state index contributed by atoms with van der Waals surface area (Å²) in [5, 5.41) is 15.2. The number of hydrogen-bond donors (Lipinski definition) is 0. The Kier molecular flexibility index (Phi) is 5.60. The molecule has 236 valence electrons. The molecule has 0 unspecified atom stereocenters. The van der Waals surface area contributed by atoms with Crippen molar-refractivity contribution in [3.63, 3.8) is 0 Å². The van der Waals surface area contributed by atoms with Crippen LogP contribution in [0.1, 0.15) is 25.5 Å². The Hall–Kier alpha value is -6.26. The highest BCUT2D eigenvalue weighted by Gasteiger charge is 2.20. The van der Waals surface area contributed by atoms with Gasteiger partial charge in [-0.2, -0.15) is 0 Å². The van der Waals surface area contributed by atoms with E-state index in [0.29, 0.717) is 0 Å². The van der Waals surface area contributed by atoms with Gasteiger partial charge in [-0.15, -0.1) is 0 Å². The SMILES string of the molecule is CCc1nc2ccccc2n1-c1cc2ccc3cccc4c5cc(-n6c(CC)nc7ccccc76)cc6ccc7cccc(c(c1)c2c34)c7c65. The third kappa shape index (κ3) is 3.65. The van der Waals surface area contributed by atoms with Crippen LogP contribution < -0.4 is 0 Å². The lowest BCUT2D eigenvalue weighted by atomic mass is 9.87. The second-order valence-electron chi connectivity index (χ2n) is 13.5. The Bertz CT molecular complexity index is 2960. The number of para-hydroxylation sites is 4. The molecule has 50 heavy (non-hydrogen) atoms. The van der Waals surface area contributed by atoms with Crippen molar-refractivity contribution in [3.8, 4) is 11.4 Å². The molecule has 11 rings (SSSR count). The van der Waals surface area contributed by atoms with Crippen LogP contribution in [0.25, 0.3) is 98.1 Å². The van der Waals surface area contributed by atoms with Gasteiger partial charge in [-0.3, -0.25) is 9.13 Å². The van der Waals surface area contributed by atoms with E-state index in [1.165, 1.54) is 64.6 Å². The molecule has 4 nitrogen and oxygen atoms in total. The fourth-order valence-corrected chi connectivity index (χ4v) is 8.79. The molecule has 0 amide bonds. The van der Waals surface area contributed by atoms with E-state index in [9.17, 15) is 0 Å². The summed E-state index contributed by atoms with van der Waals surface area (Å²) in [5.74, 6) is 2.14. The van der Waals surface area contributed by atoms with Gasteiger partial charge in [0.25, 0.3) is 0 Å². The summed E-state index contributed by atoms with van der Waals surface area (Å²) in [6.45, 7) is 4.39. The van der Waals surface area contributed by atoms with Crippen LogP contribution in [0.2, 0.25) is 0 Å². The lowest BCUT2D eigenvalue weighted by Crippen LogP contribution is -2.01. The van der Waals surface area contributed by atoms with Gasteiger partial charge in [-0.05, 0) is 113 Å². The highest BCUT2D eigenvalue weighted by molar-refractivity contribution is 6.37. The van der Waals surface area contributed by atoms with Crippen molar-refractivity contribution in [2.75, 3.05) is 0 Å². The molecule has 0 saturated heterocycles. The zero-order chi connectivity index (χ0) is 33.1. The largest absolute Gasteiger partial charge is 0.296 e. The van der Waals surface area contributed by atoms with Crippen molar-refractivity contribution in [1.82, 2.24) is 19.1 Å². The molecule has 2 heterocycles. The first-order valence-corrected chi connectivity index (χ1v) is 17.6. The first-order valence-electron chi connectivity index (χ1n) is 17.6. The first kappa shape index (κ1) is 27.7. The molecular formula is C46H32N4. The van der Waals surface area contributed by atoms with Crippen LogP contribution in [-0.2, 0) is 12.8 Å². The molecule has 0 spiro atoms. The quantitative estimate of drug-likeness (QED) is 0.179. The maximum absolute atomic E-state index is 5.06. The lowest BCUT2D eigenvalue weighted by Gasteiger charge is -2.19. The number of imidazole rings is 2. The fraction of sp³-hybridized carbons (Fsp3) is 0.0870. The van der Waals surface area contributed by atoms with Gasteiger partial charge in [0, 0.05) is 24.2 Å². The van der Waals surface area contributed by atoms with Crippen LogP contribution in [0.15, 0.2) is 133 Å². The van der Waals surface area contributed by atoms with Gasteiger partial charge in [0.2, 0.25) is 0 Å². The van der Waals surface area contributed by atoms with Crippen molar-refractivity contribution in [3.05, 3.63) is 145 Å². The van der Waals surface area contributed by atoms with Gasteiger partial charge in [0.1, 0.15) is 11.6 Å². The lowest BCUT2D eigenvalue weighted by molar-refractivity contribution is 0.910. The van der Waals surface area contributed by atoms with E-state index >= 15 is 0 Å². The molecule has 11 aromatic rings. The normalized spacial score (nSPS) is 12.4. The molecule has 0 atom stereocenters. The Morgan fingerprint density at radius 2 is 0.820 bits per heavy atom. The van der Waals surface area contributed by atoms with E-state index in [1.807, 2.05) is 0 Å². The minimum absolute atomic E-state index is 0.848. The predicted molar refractivity (Wildman–Crippen MR) is 211 cm³/mol. The Morgan fingerprint density at radius 1 is 0.400 bits per heavy atom. The first-order chi connectivity index (χ1) is 24.7. The zero-order valence-corrected chi connectivity index (χ0v) is 27.9. The van der Waals surface area contributed by atoms with Crippen LogP contribution in [0.5, 0.6) is 0 Å². The van der Waals surface area contributed by atoms with Gasteiger partial charge >= 0.3 is 0 Å². The summed E-state index contributed by atoms with van der Waals surface area (Å²) in [7, 11) is 0. The second kappa shape index (κ2) is 10.1. The third-order valence-electron chi connectivity index (χ3n) is 10.9. The van der Waals surface area contributed by atoms with Crippen molar-refractivity contribution in [2.24, 2.45) is 0 Å². The van der Waals surface area contributed by atoms with E-state index < -0.39 is 0 Å². The van der Waals surface area contributed by atoms with E-state index in [4.69, 9.17) is 9.97 Å². The summed E-state index contributed by atoms with van der Waals surface area (Å²) in [6, 6.07) is 49.4. The summed E-state index contributed by atoms with van der Waals surface area (Å²) in [4.78, 5) is 10.1. The Labute approximate surface area is 288 Å². The summed E-state index contributed by atoms with van der Waals surface area (Å²) in [6.07, 6.45) is 1.70. The number of benzene rings is 8. The van der Waals surface area contributed by atoms with Gasteiger partial charge in [0.05, 0.1) is 22.1 Å². The maximum Gasteiger partial charge on any atom is 0.114 e. The summed E-state index contributed by atoms with van der Waals surface area (Å²) in [5.41, 5.74) is 6.63. The van der Waals surface area contributed by atoms with Gasteiger partial charge < -0.3 is 0 Å². The molecule has 0 aliphatic carbocycles. The number of nitrogens with zero attached hydrogens (tertiary/aromatic N) is 4. The minimum Gasteiger partial charge on any atom is -0.296 e. The van der Waals surface area contributed by atoms with E-state index in [2.05, 4.69) is 156 Å². The number of fused-ring (bicyclic) bond motifs is 4. The highest BCUT2D eigenvalue weighted by Crippen LogP contribution is 2.45. The molecule has 0 saturated carbocycles. The Morgan fingerprint density at radius 3 is 1.28 bits per heavy atom. The highest BCUT2D eigenvalue weighted by atomic mass is 15.1. The number of aryl methyl sites for hydroxylation is 2. The van der Waals surface area contributed by atoms with Gasteiger partial charge in [0.15, 0.2) is 0 Å². The smallest absolute Gasteiger partial charge is 0.114 e. The Balaban J connectivity index is 1.37. The topological polar surface area (TPSA) is 35.6 Å². The molecule has 0 N–H and O–H groups in total. The van der Waals surface area contributed by atoms with Crippen molar-refractivity contribution < 1.29 is 0 Å². The van der Waals surface area contributed by atoms with Crippen molar-refractivity contribution in [2.45, 2.75) is 26.7 Å². The average molecular weight is 641 g/mol. The predicted octanol–water partition coefficient (Wildman–Crippen LogP) is 11.8. The molecule has 0 bridgehead atoms. The maximum atomic E-state index is 5.06. The van der Waals surface area contributed by atoms with Gasteiger partial charge in [-0.1, -0.05) is 98.8 Å². The third-order valence-corrected chi connectivity index (χ3v) is 10.9. The van der Waals surface area contributed by atoms with Crippen LogP contribution in [0.3, 0.4) is 0 Å². The van der Waals surface area contributed by atoms with E-state index in [0.717, 1.165) is 57.9 Å². The van der Waals surface area contributed by atoms with Crippen molar-refractivity contribution in [1.29, 1.82) is 0 Å². The van der Waals surface area contributed by atoms with Crippen molar-refractivity contribution >= 4 is 86.7 Å². The van der Waals surface area contributed by atoms with Crippen LogP contribution in [0.4, 0.5) is 0 Å². The number of rotatable bonds is 4. The van der Waals surface area contributed by atoms with Crippen LogP contribution >= 0.6 is 0 Å².